The van der Waals surface area contributed by atoms with E-state index in [9.17, 15) is 4.79 Å². The molecule has 3 rings (SSSR count). The second kappa shape index (κ2) is 6.73. The molecule has 3 heterocycles. The number of piperidine rings is 1. The molecule has 1 aliphatic heterocycles. The van der Waals surface area contributed by atoms with E-state index >= 15 is 0 Å². The normalized spacial score (nSPS) is 18.4. The van der Waals surface area contributed by atoms with Crippen LogP contribution in [0.4, 0.5) is 0 Å². The van der Waals surface area contributed by atoms with Gasteiger partial charge in [-0.15, -0.1) is 0 Å². The third-order valence-corrected chi connectivity index (χ3v) is 4.33. The largest absolute Gasteiger partial charge is 0.342 e. The number of hydrogen-bond acceptors (Lipinski definition) is 3. The van der Waals surface area contributed by atoms with Crippen molar-refractivity contribution >= 4 is 5.91 Å². The third-order valence-electron chi connectivity index (χ3n) is 4.33. The zero-order valence-corrected chi connectivity index (χ0v) is 13.0. The lowest BCUT2D eigenvalue weighted by molar-refractivity contribution is -0.132. The van der Waals surface area contributed by atoms with Gasteiger partial charge in [-0.3, -0.25) is 9.78 Å². The summed E-state index contributed by atoms with van der Waals surface area (Å²) >= 11 is 0. The van der Waals surface area contributed by atoms with Crippen LogP contribution >= 0.6 is 0 Å². The standard InChI is InChI=1S/C17H22N4O/c1-14-19-7-9-20(14)12-16-5-3-8-21(13-16)17(22)10-15-4-2-6-18-11-15/h2,4,6-7,9,11,16H,3,5,8,10,12-13H2,1H3/t16-/m1/s1. The number of aryl methyl sites for hydroxylation is 1. The zero-order chi connectivity index (χ0) is 15.4. The number of likely N-dealkylation sites (tertiary alicyclic amines) is 1. The van der Waals surface area contributed by atoms with Crippen molar-refractivity contribution in [2.45, 2.75) is 32.7 Å². The molecule has 5 heteroatoms. The fourth-order valence-electron chi connectivity index (χ4n) is 3.10. The van der Waals surface area contributed by atoms with E-state index in [0.717, 1.165) is 37.4 Å². The molecule has 5 nitrogen and oxygen atoms in total. The molecule has 0 N–H and O–H groups in total. The highest BCUT2D eigenvalue weighted by molar-refractivity contribution is 5.78. The molecule has 0 aliphatic carbocycles. The summed E-state index contributed by atoms with van der Waals surface area (Å²) in [6.45, 7) is 4.69. The Morgan fingerprint density at radius 3 is 3.05 bits per heavy atom. The summed E-state index contributed by atoms with van der Waals surface area (Å²) in [5.41, 5.74) is 0.986. The summed E-state index contributed by atoms with van der Waals surface area (Å²) in [4.78, 5) is 22.8. The molecule has 0 radical (unpaired) electrons. The Bertz CT molecular complexity index is 623. The van der Waals surface area contributed by atoms with E-state index in [0.29, 0.717) is 12.3 Å². The summed E-state index contributed by atoms with van der Waals surface area (Å²) in [5, 5.41) is 0. The van der Waals surface area contributed by atoms with Crippen molar-refractivity contribution in [3.63, 3.8) is 0 Å². The van der Waals surface area contributed by atoms with Gasteiger partial charge in [0.2, 0.25) is 5.91 Å². The maximum absolute atomic E-state index is 12.5. The van der Waals surface area contributed by atoms with Gasteiger partial charge in [0.15, 0.2) is 0 Å². The summed E-state index contributed by atoms with van der Waals surface area (Å²) in [6, 6.07) is 3.84. The van der Waals surface area contributed by atoms with Crippen molar-refractivity contribution in [3.8, 4) is 0 Å². The molecule has 0 aromatic carbocycles. The molecule has 22 heavy (non-hydrogen) atoms. The highest BCUT2D eigenvalue weighted by Crippen LogP contribution is 2.19. The van der Waals surface area contributed by atoms with Crippen LogP contribution in [0.5, 0.6) is 0 Å². The molecule has 116 valence electrons. The molecule has 1 aliphatic rings. The first-order valence-electron chi connectivity index (χ1n) is 7.87. The van der Waals surface area contributed by atoms with E-state index < -0.39 is 0 Å². The Hall–Kier alpha value is -2.17. The lowest BCUT2D eigenvalue weighted by atomic mass is 9.97. The van der Waals surface area contributed by atoms with Gasteiger partial charge in [0.1, 0.15) is 5.82 Å². The fraction of sp³-hybridized carbons (Fsp3) is 0.471. The number of pyridine rings is 1. The fourth-order valence-corrected chi connectivity index (χ4v) is 3.10. The highest BCUT2D eigenvalue weighted by atomic mass is 16.2. The summed E-state index contributed by atoms with van der Waals surface area (Å²) in [6.07, 6.45) is 10.1. The van der Waals surface area contributed by atoms with Crippen LogP contribution in [0.1, 0.15) is 24.2 Å². The van der Waals surface area contributed by atoms with Gasteiger partial charge in [0, 0.05) is 44.4 Å². The van der Waals surface area contributed by atoms with E-state index in [-0.39, 0.29) is 5.91 Å². The molecule has 0 bridgehead atoms. The zero-order valence-electron chi connectivity index (χ0n) is 13.0. The van der Waals surface area contributed by atoms with Crippen molar-refractivity contribution in [1.29, 1.82) is 0 Å². The van der Waals surface area contributed by atoms with Gasteiger partial charge < -0.3 is 9.47 Å². The molecule has 1 amide bonds. The lowest BCUT2D eigenvalue weighted by Gasteiger charge is -2.33. The van der Waals surface area contributed by atoms with Gasteiger partial charge in [-0.05, 0) is 37.3 Å². The van der Waals surface area contributed by atoms with Gasteiger partial charge in [0.25, 0.3) is 0 Å². The van der Waals surface area contributed by atoms with Crippen LogP contribution in [0.15, 0.2) is 36.9 Å². The van der Waals surface area contributed by atoms with Crippen LogP contribution in [0.25, 0.3) is 0 Å². The first kappa shape index (κ1) is 14.8. The van der Waals surface area contributed by atoms with Gasteiger partial charge in [0.05, 0.1) is 6.42 Å². The highest BCUT2D eigenvalue weighted by Gasteiger charge is 2.24. The van der Waals surface area contributed by atoms with Crippen LogP contribution in [-0.2, 0) is 17.8 Å². The average Bonchev–Trinajstić information content (AvgIpc) is 2.94. The molecule has 0 saturated carbocycles. The number of hydrogen-bond donors (Lipinski definition) is 0. The second-order valence-electron chi connectivity index (χ2n) is 6.01. The predicted octanol–water partition coefficient (Wildman–Crippen LogP) is 2.07. The number of amides is 1. The Balaban J connectivity index is 1.58. The average molecular weight is 298 g/mol. The van der Waals surface area contributed by atoms with Crippen molar-refractivity contribution in [2.75, 3.05) is 13.1 Å². The smallest absolute Gasteiger partial charge is 0.227 e. The van der Waals surface area contributed by atoms with Crippen molar-refractivity contribution < 1.29 is 4.79 Å². The molecule has 0 spiro atoms. The topological polar surface area (TPSA) is 51.0 Å². The Morgan fingerprint density at radius 1 is 1.41 bits per heavy atom. The minimum atomic E-state index is 0.208. The Morgan fingerprint density at radius 2 is 2.32 bits per heavy atom. The van der Waals surface area contributed by atoms with Gasteiger partial charge in [-0.25, -0.2) is 4.98 Å². The first-order chi connectivity index (χ1) is 10.7. The third kappa shape index (κ3) is 3.53. The van der Waals surface area contributed by atoms with E-state index in [1.807, 2.05) is 36.4 Å². The molecule has 1 saturated heterocycles. The van der Waals surface area contributed by atoms with Crippen molar-refractivity contribution in [2.24, 2.45) is 5.92 Å². The number of aromatic nitrogens is 3. The molecule has 2 aromatic rings. The minimum Gasteiger partial charge on any atom is -0.342 e. The van der Waals surface area contributed by atoms with E-state index in [1.165, 1.54) is 6.42 Å². The molecular weight excluding hydrogens is 276 g/mol. The molecular formula is C17H22N4O. The van der Waals surface area contributed by atoms with E-state index in [1.54, 1.807) is 12.4 Å². The lowest BCUT2D eigenvalue weighted by Crippen LogP contribution is -2.41. The van der Waals surface area contributed by atoms with Gasteiger partial charge in [-0.1, -0.05) is 6.07 Å². The van der Waals surface area contributed by atoms with E-state index in [2.05, 4.69) is 14.5 Å². The molecule has 0 unspecified atom stereocenters. The van der Waals surface area contributed by atoms with Crippen molar-refractivity contribution in [3.05, 3.63) is 48.3 Å². The summed E-state index contributed by atoms with van der Waals surface area (Å²) < 4.78 is 2.18. The Labute approximate surface area is 131 Å². The number of carbonyl (C=O) groups excluding carboxylic acids is 1. The van der Waals surface area contributed by atoms with Crippen LogP contribution in [0, 0.1) is 12.8 Å². The number of rotatable bonds is 4. The molecule has 1 atom stereocenters. The van der Waals surface area contributed by atoms with E-state index in [4.69, 9.17) is 0 Å². The van der Waals surface area contributed by atoms with Crippen LogP contribution in [0.2, 0.25) is 0 Å². The predicted molar refractivity (Wildman–Crippen MR) is 84.2 cm³/mol. The number of imidazole rings is 1. The minimum absolute atomic E-state index is 0.208. The maximum Gasteiger partial charge on any atom is 0.227 e. The summed E-state index contributed by atoms with van der Waals surface area (Å²) in [7, 11) is 0. The number of carbonyl (C=O) groups is 1. The van der Waals surface area contributed by atoms with Crippen molar-refractivity contribution in [1.82, 2.24) is 19.4 Å². The van der Waals surface area contributed by atoms with Gasteiger partial charge in [-0.2, -0.15) is 0 Å². The number of nitrogens with zero attached hydrogens (tertiary/aromatic N) is 4. The Kier molecular flexibility index (Phi) is 4.51. The molecule has 2 aromatic heterocycles. The maximum atomic E-state index is 12.5. The second-order valence-corrected chi connectivity index (χ2v) is 6.01. The summed E-state index contributed by atoms with van der Waals surface area (Å²) in [5.74, 6) is 1.76. The van der Waals surface area contributed by atoms with Crippen LogP contribution in [-0.4, -0.2) is 38.4 Å². The molecule has 1 fully saturated rings. The SMILES string of the molecule is Cc1nccn1C[C@H]1CCCN(C(=O)Cc2cccnc2)C1. The first-order valence-corrected chi connectivity index (χ1v) is 7.87. The van der Waals surface area contributed by atoms with Crippen LogP contribution < -0.4 is 0 Å². The van der Waals surface area contributed by atoms with Crippen LogP contribution in [0.3, 0.4) is 0 Å². The quantitative estimate of drug-likeness (QED) is 0.868. The van der Waals surface area contributed by atoms with Gasteiger partial charge >= 0.3 is 0 Å². The monoisotopic (exact) mass is 298 g/mol.